The Morgan fingerprint density at radius 3 is 1.95 bits per heavy atom. The van der Waals surface area contributed by atoms with Crippen molar-refractivity contribution in [3.63, 3.8) is 0 Å². The third kappa shape index (κ3) is 5.41. The number of rotatable bonds is 6. The number of aryl methyl sites for hydroxylation is 2. The van der Waals surface area contributed by atoms with Crippen LogP contribution in [0.5, 0.6) is 11.5 Å². The Morgan fingerprint density at radius 1 is 0.769 bits per heavy atom. The first-order valence-electron chi connectivity index (χ1n) is 14.1. The Morgan fingerprint density at radius 2 is 1.38 bits per heavy atom. The van der Waals surface area contributed by atoms with Gasteiger partial charge in [0.05, 0.1) is 6.61 Å². The third-order valence-electron chi connectivity index (χ3n) is 8.29. The molecule has 5 nitrogen and oxygen atoms in total. The zero-order valence-corrected chi connectivity index (χ0v) is 24.4. The first-order chi connectivity index (χ1) is 18.4. The van der Waals surface area contributed by atoms with E-state index in [0.29, 0.717) is 37.6 Å². The van der Waals surface area contributed by atoms with E-state index in [0.717, 1.165) is 46.5 Å². The second-order valence-electron chi connectivity index (χ2n) is 13.1. The fraction of sp³-hybridized carbons (Fsp3) is 0.471. The zero-order chi connectivity index (χ0) is 28.1. The van der Waals surface area contributed by atoms with Crippen molar-refractivity contribution in [3.05, 3.63) is 81.2 Å². The van der Waals surface area contributed by atoms with Crippen molar-refractivity contribution in [2.75, 3.05) is 6.61 Å². The van der Waals surface area contributed by atoms with Gasteiger partial charge in [0.25, 0.3) is 0 Å². The minimum Gasteiger partial charge on any atom is -0.490 e. The van der Waals surface area contributed by atoms with E-state index in [1.807, 2.05) is 25.1 Å². The van der Waals surface area contributed by atoms with Gasteiger partial charge in [-0.25, -0.2) is 0 Å². The molecular weight excluding hydrogens is 486 g/mol. The molecule has 3 aliphatic rings. The fourth-order valence-corrected chi connectivity index (χ4v) is 6.37. The van der Waals surface area contributed by atoms with E-state index >= 15 is 0 Å². The number of allylic oxidation sites excluding steroid dienone is 4. The number of dihydropyridines is 1. The molecule has 0 unspecified atom stereocenters. The molecule has 1 heterocycles. The van der Waals surface area contributed by atoms with Crippen LogP contribution in [0.2, 0.25) is 0 Å². The average molecular weight is 528 g/mol. The summed E-state index contributed by atoms with van der Waals surface area (Å²) in [5.41, 5.74) is 7.67. The van der Waals surface area contributed by atoms with E-state index in [4.69, 9.17) is 9.47 Å². The summed E-state index contributed by atoms with van der Waals surface area (Å²) in [4.78, 5) is 27.3. The molecule has 5 heteroatoms. The lowest BCUT2D eigenvalue weighted by Gasteiger charge is -2.44. The molecule has 0 spiro atoms. The van der Waals surface area contributed by atoms with Crippen molar-refractivity contribution in [2.45, 2.75) is 86.7 Å². The van der Waals surface area contributed by atoms with Crippen molar-refractivity contribution < 1.29 is 19.1 Å². The van der Waals surface area contributed by atoms with Crippen LogP contribution >= 0.6 is 0 Å². The predicted molar refractivity (Wildman–Crippen MR) is 154 cm³/mol. The monoisotopic (exact) mass is 527 g/mol. The van der Waals surface area contributed by atoms with Gasteiger partial charge in [0.15, 0.2) is 23.1 Å². The van der Waals surface area contributed by atoms with Crippen LogP contribution < -0.4 is 14.8 Å². The number of ketones is 2. The van der Waals surface area contributed by atoms with Crippen LogP contribution in [0.3, 0.4) is 0 Å². The number of nitrogens with one attached hydrogen (secondary N) is 1. The number of Topliss-reactive ketones (excluding diaryl/α,β-unsaturated/α-hetero) is 2. The molecule has 2 aromatic carbocycles. The third-order valence-corrected chi connectivity index (χ3v) is 8.29. The summed E-state index contributed by atoms with van der Waals surface area (Å²) in [6, 6.07) is 12.2. The maximum Gasteiger partial charge on any atom is 0.162 e. The van der Waals surface area contributed by atoms with Gasteiger partial charge in [-0.05, 0) is 78.8 Å². The number of hydrogen-bond acceptors (Lipinski definition) is 5. The quantitative estimate of drug-likeness (QED) is 0.428. The summed E-state index contributed by atoms with van der Waals surface area (Å²) in [6.07, 6.45) is 2.51. The fourth-order valence-electron chi connectivity index (χ4n) is 6.37. The highest BCUT2D eigenvalue weighted by atomic mass is 16.5. The number of hydrogen-bond donors (Lipinski definition) is 1. The number of benzene rings is 2. The highest BCUT2D eigenvalue weighted by Gasteiger charge is 2.46. The lowest BCUT2D eigenvalue weighted by Crippen LogP contribution is -2.42. The van der Waals surface area contributed by atoms with Gasteiger partial charge in [-0.15, -0.1) is 0 Å². The van der Waals surface area contributed by atoms with Crippen LogP contribution in [0.15, 0.2) is 58.9 Å². The molecule has 0 fully saturated rings. The van der Waals surface area contributed by atoms with Crippen molar-refractivity contribution in [2.24, 2.45) is 10.8 Å². The molecule has 0 atom stereocenters. The van der Waals surface area contributed by atoms with Gasteiger partial charge in [-0.2, -0.15) is 0 Å². The molecule has 5 rings (SSSR count). The molecule has 0 radical (unpaired) electrons. The van der Waals surface area contributed by atoms with Crippen LogP contribution in [-0.4, -0.2) is 18.2 Å². The Hall–Kier alpha value is -3.34. The summed E-state index contributed by atoms with van der Waals surface area (Å²) in [7, 11) is 0. The summed E-state index contributed by atoms with van der Waals surface area (Å²) >= 11 is 0. The summed E-state index contributed by atoms with van der Waals surface area (Å²) in [5.74, 6) is 1.14. The van der Waals surface area contributed by atoms with Gasteiger partial charge in [0.1, 0.15) is 6.61 Å². The van der Waals surface area contributed by atoms with E-state index < -0.39 is 5.92 Å². The maximum absolute atomic E-state index is 13.6. The van der Waals surface area contributed by atoms with Crippen LogP contribution in [0.1, 0.15) is 88.5 Å². The Balaban J connectivity index is 1.56. The van der Waals surface area contributed by atoms with E-state index in [1.165, 1.54) is 11.1 Å². The number of carbonyl (C=O) groups excluding carboxylic acids is 2. The molecule has 1 N–H and O–H groups in total. The first-order valence-corrected chi connectivity index (χ1v) is 14.1. The smallest absolute Gasteiger partial charge is 0.162 e. The Bertz CT molecular complexity index is 1360. The van der Waals surface area contributed by atoms with Gasteiger partial charge in [0, 0.05) is 41.3 Å². The molecule has 0 bridgehead atoms. The minimum absolute atomic E-state index is 0.121. The average Bonchev–Trinajstić information content (AvgIpc) is 2.82. The lowest BCUT2D eigenvalue weighted by atomic mass is 9.64. The summed E-state index contributed by atoms with van der Waals surface area (Å²) in [6.45, 7) is 15.6. The SMILES string of the molecule is CCOc1cc(C2C3=C(CC(C)(C)CC3=O)NC3=C2C(=O)CC(C)(C)C3)ccc1OCc1ccc(C)c(C)c1. The summed E-state index contributed by atoms with van der Waals surface area (Å²) in [5, 5.41) is 3.59. The second-order valence-corrected chi connectivity index (χ2v) is 13.1. The van der Waals surface area contributed by atoms with Crippen LogP contribution in [-0.2, 0) is 16.2 Å². The van der Waals surface area contributed by atoms with Crippen LogP contribution in [0.4, 0.5) is 0 Å². The Labute approximate surface area is 232 Å². The maximum atomic E-state index is 13.6. The highest BCUT2D eigenvalue weighted by molar-refractivity contribution is 6.06. The molecular formula is C34H41NO4. The molecule has 2 aliphatic carbocycles. The van der Waals surface area contributed by atoms with Crippen molar-refractivity contribution in [1.29, 1.82) is 0 Å². The van der Waals surface area contributed by atoms with Gasteiger partial charge in [-0.1, -0.05) is 52.0 Å². The highest BCUT2D eigenvalue weighted by Crippen LogP contribution is 2.51. The van der Waals surface area contributed by atoms with Gasteiger partial charge < -0.3 is 14.8 Å². The minimum atomic E-state index is -0.392. The van der Waals surface area contributed by atoms with Gasteiger partial charge in [0.2, 0.25) is 0 Å². The summed E-state index contributed by atoms with van der Waals surface area (Å²) < 4.78 is 12.3. The van der Waals surface area contributed by atoms with E-state index in [-0.39, 0.29) is 22.4 Å². The van der Waals surface area contributed by atoms with E-state index in [1.54, 1.807) is 0 Å². The largest absolute Gasteiger partial charge is 0.490 e. The van der Waals surface area contributed by atoms with Gasteiger partial charge >= 0.3 is 0 Å². The van der Waals surface area contributed by atoms with Gasteiger partial charge in [-0.3, -0.25) is 9.59 Å². The normalized spacial score (nSPS) is 20.4. The lowest BCUT2D eigenvalue weighted by molar-refractivity contribution is -0.119. The standard InChI is InChI=1S/C34H41NO4/c1-8-38-29-14-23(11-12-28(29)39-19-22-10-9-20(2)21(3)13-22)30-31-24(15-33(4,5)17-26(31)36)35-25-16-34(6,7)18-27(37)32(25)30/h9-14,30,35H,8,15-19H2,1-7H3. The second kappa shape index (κ2) is 10.0. The topological polar surface area (TPSA) is 64.6 Å². The van der Waals surface area contributed by atoms with Crippen molar-refractivity contribution in [3.8, 4) is 11.5 Å². The first kappa shape index (κ1) is 27.2. The number of ether oxygens (including phenoxy) is 2. The Kier molecular flexibility index (Phi) is 6.98. The molecule has 0 aromatic heterocycles. The zero-order valence-electron chi connectivity index (χ0n) is 24.4. The van der Waals surface area contributed by atoms with Crippen molar-refractivity contribution in [1.82, 2.24) is 5.32 Å². The van der Waals surface area contributed by atoms with E-state index in [2.05, 4.69) is 65.1 Å². The molecule has 0 saturated heterocycles. The van der Waals surface area contributed by atoms with E-state index in [9.17, 15) is 9.59 Å². The number of carbonyl (C=O) groups is 2. The van der Waals surface area contributed by atoms with Crippen LogP contribution in [0.25, 0.3) is 0 Å². The molecule has 206 valence electrons. The molecule has 0 amide bonds. The molecule has 39 heavy (non-hydrogen) atoms. The molecule has 0 saturated carbocycles. The predicted octanol–water partition coefficient (Wildman–Crippen LogP) is 7.25. The van der Waals surface area contributed by atoms with Crippen molar-refractivity contribution >= 4 is 11.6 Å². The van der Waals surface area contributed by atoms with Crippen LogP contribution in [0, 0.1) is 24.7 Å². The molecule has 2 aromatic rings. The molecule has 1 aliphatic heterocycles.